The van der Waals surface area contributed by atoms with Gasteiger partial charge in [-0.25, -0.2) is 4.39 Å². The van der Waals surface area contributed by atoms with Crippen molar-refractivity contribution >= 4 is 0 Å². The first-order chi connectivity index (χ1) is 5.77. The number of hydrogen-bond acceptors (Lipinski definition) is 2. The number of nitrogens with one attached hydrogen (secondary N) is 1. The van der Waals surface area contributed by atoms with E-state index < -0.39 is 0 Å². The van der Waals surface area contributed by atoms with Crippen LogP contribution in [0.15, 0.2) is 31.0 Å². The van der Waals surface area contributed by atoms with Gasteiger partial charge in [0.05, 0.1) is 17.9 Å². The highest BCUT2D eigenvalue weighted by atomic mass is 19.1. The number of rotatable bonds is 3. The van der Waals surface area contributed by atoms with Gasteiger partial charge in [-0.1, -0.05) is 6.08 Å². The molecule has 1 N–H and O–H groups in total. The second-order valence-corrected chi connectivity index (χ2v) is 2.40. The average molecular weight is 166 g/mol. The van der Waals surface area contributed by atoms with Crippen LogP contribution in [0.25, 0.3) is 0 Å². The van der Waals surface area contributed by atoms with Crippen LogP contribution >= 0.6 is 0 Å². The largest absolute Gasteiger partial charge is 0.309 e. The SMILES string of the molecule is C=CC(NC)c1ccc(F)cn1. The van der Waals surface area contributed by atoms with Crippen LogP contribution < -0.4 is 5.32 Å². The van der Waals surface area contributed by atoms with Crippen LogP contribution in [-0.4, -0.2) is 12.0 Å². The van der Waals surface area contributed by atoms with Crippen LogP contribution in [0.4, 0.5) is 4.39 Å². The average Bonchev–Trinajstić information content (AvgIpc) is 2.10. The summed E-state index contributed by atoms with van der Waals surface area (Å²) in [5.74, 6) is -0.322. The number of hydrogen-bond donors (Lipinski definition) is 1. The third-order valence-corrected chi connectivity index (χ3v) is 1.62. The first-order valence-electron chi connectivity index (χ1n) is 3.69. The van der Waals surface area contributed by atoms with Crippen LogP contribution in [0.2, 0.25) is 0 Å². The van der Waals surface area contributed by atoms with E-state index in [-0.39, 0.29) is 11.9 Å². The highest BCUT2D eigenvalue weighted by Gasteiger charge is 2.04. The van der Waals surface area contributed by atoms with Gasteiger partial charge in [0.2, 0.25) is 0 Å². The van der Waals surface area contributed by atoms with Crippen LogP contribution in [0.5, 0.6) is 0 Å². The van der Waals surface area contributed by atoms with E-state index in [0.29, 0.717) is 0 Å². The lowest BCUT2D eigenvalue weighted by atomic mass is 10.2. The molecular formula is C9H11FN2. The van der Waals surface area contributed by atoms with Crippen molar-refractivity contribution in [2.75, 3.05) is 7.05 Å². The third-order valence-electron chi connectivity index (χ3n) is 1.62. The Morgan fingerprint density at radius 1 is 1.67 bits per heavy atom. The number of likely N-dealkylation sites (N-methyl/N-ethyl adjacent to an activating group) is 1. The molecule has 12 heavy (non-hydrogen) atoms. The molecule has 1 atom stereocenters. The maximum absolute atomic E-state index is 12.4. The van der Waals surface area contributed by atoms with Crippen molar-refractivity contribution < 1.29 is 4.39 Å². The Morgan fingerprint density at radius 3 is 2.83 bits per heavy atom. The highest BCUT2D eigenvalue weighted by molar-refractivity contribution is 5.13. The summed E-state index contributed by atoms with van der Waals surface area (Å²) in [6.45, 7) is 3.63. The number of halogens is 1. The fourth-order valence-corrected chi connectivity index (χ4v) is 0.958. The number of nitrogens with zero attached hydrogens (tertiary/aromatic N) is 1. The zero-order valence-electron chi connectivity index (χ0n) is 6.92. The lowest BCUT2D eigenvalue weighted by molar-refractivity contribution is 0.612. The summed E-state index contributed by atoms with van der Waals surface area (Å²) < 4.78 is 12.4. The first-order valence-corrected chi connectivity index (χ1v) is 3.69. The fourth-order valence-electron chi connectivity index (χ4n) is 0.958. The lowest BCUT2D eigenvalue weighted by Crippen LogP contribution is -2.14. The van der Waals surface area contributed by atoms with E-state index in [9.17, 15) is 4.39 Å². The monoisotopic (exact) mass is 166 g/mol. The smallest absolute Gasteiger partial charge is 0.141 e. The van der Waals surface area contributed by atoms with Crippen molar-refractivity contribution in [2.45, 2.75) is 6.04 Å². The molecule has 0 amide bonds. The van der Waals surface area contributed by atoms with E-state index in [1.807, 2.05) is 0 Å². The molecule has 0 aliphatic rings. The maximum atomic E-state index is 12.4. The summed E-state index contributed by atoms with van der Waals surface area (Å²) >= 11 is 0. The Hall–Kier alpha value is -1.22. The highest BCUT2D eigenvalue weighted by Crippen LogP contribution is 2.09. The molecule has 0 saturated heterocycles. The molecule has 1 aromatic rings. The second-order valence-electron chi connectivity index (χ2n) is 2.40. The predicted molar refractivity (Wildman–Crippen MR) is 46.2 cm³/mol. The molecule has 0 spiro atoms. The fraction of sp³-hybridized carbons (Fsp3) is 0.222. The predicted octanol–water partition coefficient (Wildman–Crippen LogP) is 1.67. The first kappa shape index (κ1) is 8.87. The molecule has 0 fully saturated rings. The summed E-state index contributed by atoms with van der Waals surface area (Å²) in [5.41, 5.74) is 0.772. The summed E-state index contributed by atoms with van der Waals surface area (Å²) in [4.78, 5) is 3.91. The Bertz CT molecular complexity index is 256. The Kier molecular flexibility index (Phi) is 2.94. The van der Waals surface area contributed by atoms with E-state index in [4.69, 9.17) is 0 Å². The van der Waals surface area contributed by atoms with E-state index in [1.165, 1.54) is 12.3 Å². The summed E-state index contributed by atoms with van der Waals surface area (Å²) in [7, 11) is 1.80. The molecule has 64 valence electrons. The van der Waals surface area contributed by atoms with E-state index in [1.54, 1.807) is 19.2 Å². The van der Waals surface area contributed by atoms with Crippen molar-refractivity contribution in [2.24, 2.45) is 0 Å². The van der Waals surface area contributed by atoms with Gasteiger partial charge in [-0.15, -0.1) is 6.58 Å². The van der Waals surface area contributed by atoms with Crippen molar-refractivity contribution in [3.8, 4) is 0 Å². The molecular weight excluding hydrogens is 155 g/mol. The topological polar surface area (TPSA) is 24.9 Å². The van der Waals surface area contributed by atoms with Gasteiger partial charge >= 0.3 is 0 Å². The molecule has 1 unspecified atom stereocenters. The van der Waals surface area contributed by atoms with Gasteiger partial charge in [-0.2, -0.15) is 0 Å². The molecule has 1 rings (SSSR count). The summed E-state index contributed by atoms with van der Waals surface area (Å²) in [5, 5.41) is 2.98. The quantitative estimate of drug-likeness (QED) is 0.691. The minimum atomic E-state index is -0.322. The molecule has 0 bridgehead atoms. The van der Waals surface area contributed by atoms with Gasteiger partial charge in [0, 0.05) is 0 Å². The molecule has 0 aliphatic heterocycles. The minimum Gasteiger partial charge on any atom is -0.309 e. The molecule has 3 heteroatoms. The lowest BCUT2D eigenvalue weighted by Gasteiger charge is -2.09. The van der Waals surface area contributed by atoms with Crippen LogP contribution in [0.3, 0.4) is 0 Å². The molecule has 0 aromatic carbocycles. The summed E-state index contributed by atoms with van der Waals surface area (Å²) in [6, 6.07) is 3.01. The summed E-state index contributed by atoms with van der Waals surface area (Å²) in [6.07, 6.45) is 2.92. The van der Waals surface area contributed by atoms with Crippen molar-refractivity contribution in [3.63, 3.8) is 0 Å². The standard InChI is InChI=1S/C9H11FN2/c1-3-8(11-2)9-5-4-7(10)6-12-9/h3-6,8,11H,1H2,2H3. The van der Waals surface area contributed by atoms with E-state index in [2.05, 4.69) is 16.9 Å². The van der Waals surface area contributed by atoms with Gasteiger partial charge in [0.15, 0.2) is 0 Å². The normalized spacial score (nSPS) is 12.5. The number of pyridine rings is 1. The van der Waals surface area contributed by atoms with Gasteiger partial charge < -0.3 is 5.32 Å². The van der Waals surface area contributed by atoms with Crippen LogP contribution in [0.1, 0.15) is 11.7 Å². The molecule has 0 radical (unpaired) electrons. The van der Waals surface area contributed by atoms with Crippen molar-refractivity contribution in [1.82, 2.24) is 10.3 Å². The zero-order chi connectivity index (χ0) is 8.97. The molecule has 1 heterocycles. The van der Waals surface area contributed by atoms with Gasteiger partial charge in [-0.3, -0.25) is 4.98 Å². The van der Waals surface area contributed by atoms with E-state index in [0.717, 1.165) is 5.69 Å². The maximum Gasteiger partial charge on any atom is 0.141 e. The van der Waals surface area contributed by atoms with Gasteiger partial charge in [0.25, 0.3) is 0 Å². The molecule has 0 aliphatic carbocycles. The zero-order valence-corrected chi connectivity index (χ0v) is 6.92. The Labute approximate surface area is 71.1 Å². The van der Waals surface area contributed by atoms with Gasteiger partial charge in [-0.05, 0) is 19.2 Å². The number of aromatic nitrogens is 1. The molecule has 1 aromatic heterocycles. The van der Waals surface area contributed by atoms with Crippen molar-refractivity contribution in [1.29, 1.82) is 0 Å². The third kappa shape index (κ3) is 1.89. The van der Waals surface area contributed by atoms with Crippen molar-refractivity contribution in [3.05, 3.63) is 42.5 Å². The van der Waals surface area contributed by atoms with Crippen LogP contribution in [0, 0.1) is 5.82 Å². The minimum absolute atomic E-state index is 0.00870. The second kappa shape index (κ2) is 3.97. The molecule has 0 saturated carbocycles. The van der Waals surface area contributed by atoms with Crippen LogP contribution in [-0.2, 0) is 0 Å². The Balaban J connectivity index is 2.87. The van der Waals surface area contributed by atoms with Gasteiger partial charge in [0.1, 0.15) is 5.82 Å². The van der Waals surface area contributed by atoms with E-state index >= 15 is 0 Å². The Morgan fingerprint density at radius 2 is 2.42 bits per heavy atom. The molecule has 2 nitrogen and oxygen atoms in total.